The summed E-state index contributed by atoms with van der Waals surface area (Å²) in [6.45, 7) is 5.14. The second-order valence-electron chi connectivity index (χ2n) is 6.18. The van der Waals surface area contributed by atoms with E-state index in [1.165, 1.54) is 12.5 Å². The summed E-state index contributed by atoms with van der Waals surface area (Å²) in [6, 6.07) is 5.06. The zero-order valence-corrected chi connectivity index (χ0v) is 13.3. The molecule has 0 radical (unpaired) electrons. The van der Waals surface area contributed by atoms with Crippen molar-refractivity contribution in [1.29, 1.82) is 0 Å². The number of hydrogen-bond donors (Lipinski definition) is 2. The molecule has 1 fully saturated rings. The first-order valence-electron chi connectivity index (χ1n) is 8.02. The summed E-state index contributed by atoms with van der Waals surface area (Å²) in [5, 5.41) is 2.87. The van der Waals surface area contributed by atoms with Crippen molar-refractivity contribution >= 4 is 5.91 Å². The van der Waals surface area contributed by atoms with Crippen molar-refractivity contribution in [3.8, 4) is 0 Å². The second kappa shape index (κ2) is 8.25. The second-order valence-corrected chi connectivity index (χ2v) is 6.18. The zero-order valence-electron chi connectivity index (χ0n) is 13.3. The van der Waals surface area contributed by atoms with Gasteiger partial charge in [0.05, 0.1) is 6.54 Å². The number of halogens is 1. The highest BCUT2D eigenvalue weighted by Crippen LogP contribution is 2.18. The fraction of sp³-hybridized carbons (Fsp3) is 0.588. The molecular weight excluding hydrogens is 281 g/mol. The number of hydrogen-bond acceptors (Lipinski definition) is 3. The molecule has 22 heavy (non-hydrogen) atoms. The Kier molecular flexibility index (Phi) is 6.34. The van der Waals surface area contributed by atoms with Gasteiger partial charge in [0.25, 0.3) is 0 Å². The van der Waals surface area contributed by atoms with Crippen LogP contribution in [-0.2, 0) is 11.3 Å². The smallest absolute Gasteiger partial charge is 0.234 e. The third-order valence-corrected chi connectivity index (χ3v) is 4.27. The van der Waals surface area contributed by atoms with Crippen LogP contribution in [0.1, 0.15) is 30.4 Å². The molecule has 0 aliphatic carbocycles. The molecular formula is C17H26FN3O. The van der Waals surface area contributed by atoms with Gasteiger partial charge < -0.3 is 11.1 Å². The highest BCUT2D eigenvalue weighted by molar-refractivity contribution is 5.78. The number of benzene rings is 1. The molecule has 1 aromatic rings. The molecule has 1 amide bonds. The molecule has 3 N–H and O–H groups in total. The number of nitrogens with one attached hydrogen (secondary N) is 1. The molecule has 1 saturated heterocycles. The van der Waals surface area contributed by atoms with Gasteiger partial charge in [0.1, 0.15) is 5.82 Å². The number of carbonyl (C=O) groups is 1. The van der Waals surface area contributed by atoms with Crippen LogP contribution in [0.15, 0.2) is 18.2 Å². The summed E-state index contributed by atoms with van der Waals surface area (Å²) in [5.74, 6) is 0.375. The maximum absolute atomic E-state index is 13.5. The van der Waals surface area contributed by atoms with Gasteiger partial charge in [-0.2, -0.15) is 0 Å². The highest BCUT2D eigenvalue weighted by atomic mass is 19.1. The maximum atomic E-state index is 13.5. The van der Waals surface area contributed by atoms with Crippen LogP contribution in [0.5, 0.6) is 0 Å². The average molecular weight is 307 g/mol. The van der Waals surface area contributed by atoms with Gasteiger partial charge in [0.2, 0.25) is 5.91 Å². The molecule has 0 spiro atoms. The van der Waals surface area contributed by atoms with Crippen LogP contribution in [0.3, 0.4) is 0 Å². The van der Waals surface area contributed by atoms with E-state index in [0.717, 1.165) is 31.5 Å². The molecule has 4 nitrogen and oxygen atoms in total. The van der Waals surface area contributed by atoms with Crippen LogP contribution in [0.4, 0.5) is 4.39 Å². The molecule has 122 valence electrons. The maximum Gasteiger partial charge on any atom is 0.234 e. The van der Waals surface area contributed by atoms with Crippen LogP contribution < -0.4 is 11.1 Å². The molecule has 0 bridgehead atoms. The minimum absolute atomic E-state index is 0.00520. The van der Waals surface area contributed by atoms with Gasteiger partial charge in [-0.25, -0.2) is 4.39 Å². The number of carbonyl (C=O) groups excluding carboxylic acids is 1. The predicted molar refractivity (Wildman–Crippen MR) is 85.8 cm³/mol. The Balaban J connectivity index is 1.76. The van der Waals surface area contributed by atoms with Crippen LogP contribution >= 0.6 is 0 Å². The Morgan fingerprint density at radius 1 is 1.50 bits per heavy atom. The lowest BCUT2D eigenvalue weighted by Crippen LogP contribution is -2.42. The van der Waals surface area contributed by atoms with Gasteiger partial charge in [-0.1, -0.05) is 12.1 Å². The van der Waals surface area contributed by atoms with Gasteiger partial charge in [0, 0.05) is 13.1 Å². The molecule has 1 heterocycles. The van der Waals surface area contributed by atoms with E-state index in [1.54, 1.807) is 13.0 Å². The van der Waals surface area contributed by atoms with E-state index >= 15 is 0 Å². The fourth-order valence-corrected chi connectivity index (χ4v) is 2.97. The first kappa shape index (κ1) is 16.9. The molecule has 0 aromatic heterocycles. The lowest BCUT2D eigenvalue weighted by molar-refractivity contribution is -0.122. The van der Waals surface area contributed by atoms with E-state index < -0.39 is 0 Å². The number of nitrogens with two attached hydrogens (primary N) is 1. The SMILES string of the molecule is Cc1ccc(CNC(=O)CN2CCCC(CCN)C2)cc1F. The van der Waals surface area contributed by atoms with Crippen molar-refractivity contribution in [3.05, 3.63) is 35.1 Å². The summed E-state index contributed by atoms with van der Waals surface area (Å²) >= 11 is 0. The number of rotatable bonds is 6. The normalized spacial score (nSPS) is 19.1. The van der Waals surface area contributed by atoms with Crippen LogP contribution in [0.25, 0.3) is 0 Å². The number of aryl methyl sites for hydroxylation is 1. The molecule has 1 aliphatic rings. The molecule has 1 aromatic carbocycles. The van der Waals surface area contributed by atoms with Gasteiger partial charge in [-0.15, -0.1) is 0 Å². The standard InChI is InChI=1S/C17H26FN3O/c1-13-4-5-15(9-16(13)18)10-20-17(22)12-21-8-2-3-14(11-21)6-7-19/h4-5,9,14H,2-3,6-8,10-12,19H2,1H3,(H,20,22). The summed E-state index contributed by atoms with van der Waals surface area (Å²) < 4.78 is 13.5. The van der Waals surface area contributed by atoms with Crippen molar-refractivity contribution in [2.75, 3.05) is 26.2 Å². The third kappa shape index (κ3) is 5.07. The lowest BCUT2D eigenvalue weighted by Gasteiger charge is -2.32. The topological polar surface area (TPSA) is 58.4 Å². The summed E-state index contributed by atoms with van der Waals surface area (Å²) in [6.07, 6.45) is 3.36. The summed E-state index contributed by atoms with van der Waals surface area (Å²) in [7, 11) is 0. The zero-order chi connectivity index (χ0) is 15.9. The first-order chi connectivity index (χ1) is 10.6. The number of amides is 1. The largest absolute Gasteiger partial charge is 0.351 e. The van der Waals surface area contributed by atoms with E-state index in [4.69, 9.17) is 5.73 Å². The number of likely N-dealkylation sites (tertiary alicyclic amines) is 1. The fourth-order valence-electron chi connectivity index (χ4n) is 2.97. The van der Waals surface area contributed by atoms with Crippen molar-refractivity contribution in [2.45, 2.75) is 32.7 Å². The van der Waals surface area contributed by atoms with Gasteiger partial charge in [-0.05, 0) is 62.4 Å². The first-order valence-corrected chi connectivity index (χ1v) is 8.02. The molecule has 1 unspecified atom stereocenters. The summed E-state index contributed by atoms with van der Waals surface area (Å²) in [5.41, 5.74) is 7.02. The van der Waals surface area contributed by atoms with E-state index in [-0.39, 0.29) is 11.7 Å². The van der Waals surface area contributed by atoms with Crippen molar-refractivity contribution in [2.24, 2.45) is 11.7 Å². The van der Waals surface area contributed by atoms with Crippen LogP contribution in [0, 0.1) is 18.7 Å². The number of piperidine rings is 1. The number of nitrogens with zero attached hydrogens (tertiary/aromatic N) is 1. The Hall–Kier alpha value is -1.46. The van der Waals surface area contributed by atoms with Crippen molar-refractivity contribution < 1.29 is 9.18 Å². The van der Waals surface area contributed by atoms with E-state index in [9.17, 15) is 9.18 Å². The molecule has 5 heteroatoms. The highest BCUT2D eigenvalue weighted by Gasteiger charge is 2.20. The third-order valence-electron chi connectivity index (χ3n) is 4.27. The Morgan fingerprint density at radius 2 is 2.32 bits per heavy atom. The Morgan fingerprint density at radius 3 is 3.05 bits per heavy atom. The quantitative estimate of drug-likeness (QED) is 0.843. The monoisotopic (exact) mass is 307 g/mol. The van der Waals surface area contributed by atoms with Crippen molar-refractivity contribution in [3.63, 3.8) is 0 Å². The van der Waals surface area contributed by atoms with E-state index in [0.29, 0.717) is 31.1 Å². The lowest BCUT2D eigenvalue weighted by atomic mass is 9.95. The van der Waals surface area contributed by atoms with Crippen LogP contribution in [0.2, 0.25) is 0 Å². The van der Waals surface area contributed by atoms with E-state index in [1.807, 2.05) is 6.07 Å². The van der Waals surface area contributed by atoms with Gasteiger partial charge >= 0.3 is 0 Å². The van der Waals surface area contributed by atoms with Gasteiger partial charge in [0.15, 0.2) is 0 Å². The average Bonchev–Trinajstić information content (AvgIpc) is 2.49. The molecule has 1 aliphatic heterocycles. The predicted octanol–water partition coefficient (Wildman–Crippen LogP) is 1.81. The van der Waals surface area contributed by atoms with Gasteiger partial charge in [-0.3, -0.25) is 9.69 Å². The summed E-state index contributed by atoms with van der Waals surface area (Å²) in [4.78, 5) is 14.2. The molecule has 1 atom stereocenters. The molecule has 0 saturated carbocycles. The van der Waals surface area contributed by atoms with Crippen LogP contribution in [-0.4, -0.2) is 37.0 Å². The minimum atomic E-state index is -0.229. The molecule has 2 rings (SSSR count). The van der Waals surface area contributed by atoms with Crippen molar-refractivity contribution in [1.82, 2.24) is 10.2 Å². The van der Waals surface area contributed by atoms with E-state index in [2.05, 4.69) is 10.2 Å². The minimum Gasteiger partial charge on any atom is -0.351 e. The Labute approximate surface area is 131 Å². The Bertz CT molecular complexity index is 505.